The first-order valence-electron chi connectivity index (χ1n) is 9.90. The number of aromatic nitrogens is 3. The van der Waals surface area contributed by atoms with Crippen molar-refractivity contribution >= 4 is 34.1 Å². The Kier molecular flexibility index (Phi) is 6.18. The number of amides is 1. The quantitative estimate of drug-likeness (QED) is 0.325. The zero-order valence-electron chi connectivity index (χ0n) is 17.9. The maximum Gasteiger partial charge on any atom is 0.237 e. The Hall–Kier alpha value is -3.72. The highest BCUT2D eigenvalue weighted by Gasteiger charge is 2.21. The highest BCUT2D eigenvalue weighted by molar-refractivity contribution is 8.00. The summed E-state index contributed by atoms with van der Waals surface area (Å²) in [6, 6.07) is 19.1. The summed E-state index contributed by atoms with van der Waals surface area (Å²) in [5.74, 6) is 7.71. The number of nitrogen functional groups attached to an aromatic ring is 1. The molecule has 32 heavy (non-hydrogen) atoms. The van der Waals surface area contributed by atoms with Gasteiger partial charge in [0, 0.05) is 16.6 Å². The van der Waals surface area contributed by atoms with Gasteiger partial charge in [0.2, 0.25) is 11.1 Å². The van der Waals surface area contributed by atoms with Crippen LogP contribution >= 0.6 is 11.8 Å². The molecule has 1 atom stereocenters. The third-order valence-corrected chi connectivity index (χ3v) is 6.06. The lowest BCUT2D eigenvalue weighted by Gasteiger charge is -2.13. The van der Waals surface area contributed by atoms with Gasteiger partial charge in [0.15, 0.2) is 17.3 Å². The number of benzene rings is 3. The Labute approximate surface area is 189 Å². The summed E-state index contributed by atoms with van der Waals surface area (Å²) in [6.45, 7) is 1.80. The molecule has 1 amide bonds. The van der Waals surface area contributed by atoms with Crippen LogP contribution in [0.4, 0.5) is 5.69 Å². The van der Waals surface area contributed by atoms with E-state index in [2.05, 4.69) is 15.5 Å². The lowest BCUT2D eigenvalue weighted by molar-refractivity contribution is -0.115. The fraction of sp³-hybridized carbons (Fsp3) is 0.174. The minimum absolute atomic E-state index is 0.151. The van der Waals surface area contributed by atoms with Crippen LogP contribution in [-0.4, -0.2) is 40.3 Å². The number of ether oxygens (including phenoxy) is 2. The predicted molar refractivity (Wildman–Crippen MR) is 127 cm³/mol. The number of hydrogen-bond acceptors (Lipinski definition) is 7. The molecule has 0 aliphatic carbocycles. The minimum Gasteiger partial charge on any atom is -0.493 e. The van der Waals surface area contributed by atoms with Crippen LogP contribution < -0.4 is 20.6 Å². The van der Waals surface area contributed by atoms with E-state index < -0.39 is 5.25 Å². The molecule has 1 heterocycles. The number of nitrogens with one attached hydrogen (secondary N) is 1. The third-order valence-electron chi connectivity index (χ3n) is 5.01. The van der Waals surface area contributed by atoms with Crippen LogP contribution in [0.1, 0.15) is 6.92 Å². The number of anilines is 1. The number of carbonyl (C=O) groups is 1. The predicted octanol–water partition coefficient (Wildman–Crippen LogP) is 3.95. The largest absolute Gasteiger partial charge is 0.493 e. The molecule has 0 bridgehead atoms. The van der Waals surface area contributed by atoms with Crippen molar-refractivity contribution in [3.05, 3.63) is 60.7 Å². The minimum atomic E-state index is -0.446. The number of nitrogens with zero attached hydrogens (tertiary/aromatic N) is 3. The van der Waals surface area contributed by atoms with E-state index in [0.717, 1.165) is 22.0 Å². The normalized spacial score (nSPS) is 11.8. The topological polar surface area (TPSA) is 104 Å². The van der Waals surface area contributed by atoms with Gasteiger partial charge in [-0.1, -0.05) is 48.2 Å². The van der Waals surface area contributed by atoms with Gasteiger partial charge < -0.3 is 20.6 Å². The third kappa shape index (κ3) is 4.19. The van der Waals surface area contributed by atoms with Gasteiger partial charge >= 0.3 is 0 Å². The first-order valence-corrected chi connectivity index (χ1v) is 10.8. The van der Waals surface area contributed by atoms with Gasteiger partial charge in [-0.05, 0) is 36.6 Å². The van der Waals surface area contributed by atoms with E-state index in [1.54, 1.807) is 33.3 Å². The molecule has 0 aliphatic rings. The molecule has 4 aromatic rings. The number of carbonyl (C=O) groups excluding carboxylic acids is 1. The molecule has 1 unspecified atom stereocenters. The monoisotopic (exact) mass is 449 g/mol. The highest BCUT2D eigenvalue weighted by Crippen LogP contribution is 2.33. The number of hydrogen-bond donors (Lipinski definition) is 2. The van der Waals surface area contributed by atoms with E-state index in [1.807, 2.05) is 48.5 Å². The molecule has 164 valence electrons. The van der Waals surface area contributed by atoms with Crippen LogP contribution in [-0.2, 0) is 4.79 Å². The molecule has 3 N–H and O–H groups in total. The summed E-state index contributed by atoms with van der Waals surface area (Å²) in [6.07, 6.45) is 0. The number of fused-ring (bicyclic) bond motifs is 1. The fourth-order valence-corrected chi connectivity index (χ4v) is 4.08. The Morgan fingerprint density at radius 2 is 1.78 bits per heavy atom. The first kappa shape index (κ1) is 21.5. The van der Waals surface area contributed by atoms with Gasteiger partial charge in [-0.3, -0.25) is 4.79 Å². The average Bonchev–Trinajstić information content (AvgIpc) is 3.18. The zero-order valence-corrected chi connectivity index (χ0v) is 18.7. The van der Waals surface area contributed by atoms with Crippen molar-refractivity contribution in [2.75, 3.05) is 25.4 Å². The SMILES string of the molecule is COc1ccc(-c2nnc(SC(C)C(=O)Nc3cccc4ccccc34)n2N)cc1OC. The second-order valence-corrected chi connectivity index (χ2v) is 8.33. The molecule has 0 fully saturated rings. The molecule has 3 aromatic carbocycles. The van der Waals surface area contributed by atoms with Crippen molar-refractivity contribution in [1.29, 1.82) is 0 Å². The van der Waals surface area contributed by atoms with E-state index >= 15 is 0 Å². The molecule has 0 aliphatic heterocycles. The summed E-state index contributed by atoms with van der Waals surface area (Å²) in [4.78, 5) is 12.8. The molecule has 4 rings (SSSR count). The van der Waals surface area contributed by atoms with E-state index in [1.165, 1.54) is 16.4 Å². The van der Waals surface area contributed by atoms with Crippen LogP contribution in [0.5, 0.6) is 11.5 Å². The second kappa shape index (κ2) is 9.19. The summed E-state index contributed by atoms with van der Waals surface area (Å²) in [7, 11) is 3.13. The summed E-state index contributed by atoms with van der Waals surface area (Å²) >= 11 is 1.23. The fourth-order valence-electron chi connectivity index (χ4n) is 3.31. The first-order chi connectivity index (χ1) is 15.5. The van der Waals surface area contributed by atoms with Crippen LogP contribution in [0.3, 0.4) is 0 Å². The Bertz CT molecular complexity index is 1270. The van der Waals surface area contributed by atoms with Crippen molar-refractivity contribution in [2.24, 2.45) is 0 Å². The Morgan fingerprint density at radius 3 is 2.56 bits per heavy atom. The molecular weight excluding hydrogens is 426 g/mol. The van der Waals surface area contributed by atoms with Gasteiger partial charge in [0.1, 0.15) is 0 Å². The van der Waals surface area contributed by atoms with E-state index in [-0.39, 0.29) is 5.91 Å². The highest BCUT2D eigenvalue weighted by atomic mass is 32.2. The van der Waals surface area contributed by atoms with Crippen molar-refractivity contribution in [1.82, 2.24) is 14.9 Å². The number of methoxy groups -OCH3 is 2. The Balaban J connectivity index is 1.51. The van der Waals surface area contributed by atoms with Gasteiger partial charge in [0.05, 0.1) is 19.5 Å². The summed E-state index contributed by atoms with van der Waals surface area (Å²) < 4.78 is 12.0. The smallest absolute Gasteiger partial charge is 0.237 e. The number of thioether (sulfide) groups is 1. The molecule has 8 nitrogen and oxygen atoms in total. The van der Waals surface area contributed by atoms with Crippen molar-refractivity contribution in [3.8, 4) is 22.9 Å². The van der Waals surface area contributed by atoms with Crippen LogP contribution in [0, 0.1) is 0 Å². The second-order valence-electron chi connectivity index (χ2n) is 7.02. The maximum atomic E-state index is 12.8. The van der Waals surface area contributed by atoms with Crippen LogP contribution in [0.2, 0.25) is 0 Å². The van der Waals surface area contributed by atoms with Gasteiger partial charge in [-0.25, -0.2) is 4.68 Å². The molecule has 0 radical (unpaired) electrons. The molecule has 0 spiro atoms. The van der Waals surface area contributed by atoms with E-state index in [9.17, 15) is 4.79 Å². The van der Waals surface area contributed by atoms with E-state index in [0.29, 0.717) is 22.5 Å². The maximum absolute atomic E-state index is 12.8. The lowest BCUT2D eigenvalue weighted by atomic mass is 10.1. The Morgan fingerprint density at radius 1 is 1.03 bits per heavy atom. The van der Waals surface area contributed by atoms with Crippen molar-refractivity contribution in [3.63, 3.8) is 0 Å². The van der Waals surface area contributed by atoms with E-state index in [4.69, 9.17) is 15.3 Å². The molecule has 9 heteroatoms. The summed E-state index contributed by atoms with van der Waals surface area (Å²) in [5.41, 5.74) is 1.48. The summed E-state index contributed by atoms with van der Waals surface area (Å²) in [5, 5.41) is 13.4. The molecule has 0 saturated heterocycles. The molecule has 0 saturated carbocycles. The zero-order chi connectivity index (χ0) is 22.7. The van der Waals surface area contributed by atoms with Crippen molar-refractivity contribution in [2.45, 2.75) is 17.3 Å². The molecular formula is C23H23N5O3S. The number of rotatable bonds is 7. The standard InChI is InChI=1S/C23H23N5O3S/c1-14(22(29)25-18-10-6-8-15-7-4-5-9-17(15)18)32-23-27-26-21(28(23)24)16-11-12-19(30-2)20(13-16)31-3/h4-14H,24H2,1-3H3,(H,25,29). The van der Waals surface area contributed by atoms with Gasteiger partial charge in [-0.15, -0.1) is 10.2 Å². The molecule has 1 aromatic heterocycles. The average molecular weight is 450 g/mol. The van der Waals surface area contributed by atoms with Crippen LogP contribution in [0.25, 0.3) is 22.2 Å². The van der Waals surface area contributed by atoms with Gasteiger partial charge in [0.25, 0.3) is 0 Å². The van der Waals surface area contributed by atoms with Crippen LogP contribution in [0.15, 0.2) is 65.8 Å². The number of nitrogens with two attached hydrogens (primary N) is 1. The lowest BCUT2D eigenvalue weighted by Crippen LogP contribution is -2.23. The van der Waals surface area contributed by atoms with Gasteiger partial charge in [-0.2, -0.15) is 0 Å². The van der Waals surface area contributed by atoms with Crippen molar-refractivity contribution < 1.29 is 14.3 Å².